The van der Waals surface area contributed by atoms with Crippen molar-refractivity contribution >= 4 is 41.8 Å². The summed E-state index contributed by atoms with van der Waals surface area (Å²) in [5, 5.41) is 2.80. The van der Waals surface area contributed by atoms with E-state index < -0.39 is 31.5 Å². The van der Waals surface area contributed by atoms with Gasteiger partial charge in [0, 0.05) is 10.8 Å². The number of aryl methyl sites for hydroxylation is 4. The fourth-order valence-electron chi connectivity index (χ4n) is 8.98. The molecule has 6 aromatic carbocycles. The summed E-state index contributed by atoms with van der Waals surface area (Å²) in [4.78, 5) is 0. The van der Waals surface area contributed by atoms with Crippen molar-refractivity contribution in [2.45, 2.75) is 162 Å². The van der Waals surface area contributed by atoms with Gasteiger partial charge in [0.2, 0.25) is 0 Å². The van der Waals surface area contributed by atoms with E-state index in [0.29, 0.717) is 0 Å². The van der Waals surface area contributed by atoms with E-state index in [4.69, 9.17) is 4.18 Å². The highest BCUT2D eigenvalue weighted by atomic mass is 32.2. The highest BCUT2D eigenvalue weighted by Crippen LogP contribution is 2.38. The lowest BCUT2D eigenvalue weighted by Gasteiger charge is -2.16. The first-order valence-electron chi connectivity index (χ1n) is 25.3. The van der Waals surface area contributed by atoms with Crippen molar-refractivity contribution in [3.8, 4) is 33.8 Å². The number of unbranched alkanes of at least 4 members (excludes halogenated alkanes) is 12. The van der Waals surface area contributed by atoms with Crippen LogP contribution >= 0.6 is 0 Å². The van der Waals surface area contributed by atoms with Gasteiger partial charge in [-0.15, -0.1) is 0 Å². The second kappa shape index (κ2) is 26.9. The van der Waals surface area contributed by atoms with Crippen LogP contribution in [0.25, 0.3) is 43.8 Å². The Morgan fingerprint density at radius 2 is 0.725 bits per heavy atom. The molecule has 374 valence electrons. The van der Waals surface area contributed by atoms with E-state index in [9.17, 15) is 30.0 Å². The Bertz CT molecular complexity index is 2610. The number of alkyl halides is 3. The quantitative estimate of drug-likeness (QED) is 0.0306. The molecule has 0 saturated heterocycles. The SMILES string of the molecule is CCCCCCc1cc(CCCCCC)cc(-c2cccc3c(-c4cc(CCCCCC)cc(CCCCCC)c4)cccc23)c1.CS(=O)(=O)Oc1cccc2c(OS(=O)(=O)C(F)(F)F)cccc12. The Kier molecular flexibility index (Phi) is 21.5. The summed E-state index contributed by atoms with van der Waals surface area (Å²) in [6.45, 7) is 9.23. The van der Waals surface area contributed by atoms with Crippen LogP contribution in [0.5, 0.6) is 11.5 Å². The van der Waals surface area contributed by atoms with Crippen molar-refractivity contribution in [1.82, 2.24) is 0 Å². The maximum atomic E-state index is 12.4. The predicted molar refractivity (Wildman–Crippen MR) is 281 cm³/mol. The van der Waals surface area contributed by atoms with Gasteiger partial charge in [0.05, 0.1) is 6.26 Å². The van der Waals surface area contributed by atoms with Gasteiger partial charge in [-0.05, 0) is 119 Å². The van der Waals surface area contributed by atoms with Crippen LogP contribution in [0.3, 0.4) is 0 Å². The standard InChI is InChI=1S/C46H64.C12H9F3O6S2/c1-5-9-13-17-23-37-31-38(24-18-14-10-6-2)34-41(33-37)43-27-21-30-46-44(28-22-29-45(43)46)42-35-39(25-19-15-11-7-3)32-40(36-42)26-20-16-12-8-4;1-22(16,17)20-10-6-2-5-9-8(10)4-3-7-11(9)21-23(18,19)12(13,14)15/h21-22,27-36H,5-20,23-26H2,1-4H3;2-7H,1H3. The molecule has 0 radical (unpaired) electrons. The number of hydrogen-bond donors (Lipinski definition) is 0. The second-order valence-corrected chi connectivity index (χ2v) is 21.5. The molecular weight excluding hydrogens is 914 g/mol. The zero-order valence-corrected chi connectivity index (χ0v) is 43.1. The van der Waals surface area contributed by atoms with Crippen molar-refractivity contribution in [3.05, 3.63) is 131 Å². The second-order valence-electron chi connectivity index (χ2n) is 18.4. The molecule has 0 spiro atoms. The van der Waals surface area contributed by atoms with Crippen LogP contribution in [0.15, 0.2) is 109 Å². The van der Waals surface area contributed by atoms with Gasteiger partial charge >= 0.3 is 25.7 Å². The van der Waals surface area contributed by atoms with Crippen LogP contribution in [0.2, 0.25) is 0 Å². The molecule has 0 aliphatic heterocycles. The third kappa shape index (κ3) is 16.9. The minimum Gasteiger partial charge on any atom is -0.382 e. The summed E-state index contributed by atoms with van der Waals surface area (Å²) < 4.78 is 90.6. The average molecular weight is 987 g/mol. The first-order chi connectivity index (χ1) is 33.1. The van der Waals surface area contributed by atoms with Crippen molar-refractivity contribution < 1.29 is 38.4 Å². The number of hydrogen-bond acceptors (Lipinski definition) is 6. The summed E-state index contributed by atoms with van der Waals surface area (Å²) in [5.74, 6) is -0.765. The molecular formula is C58H73F3O6S2. The molecule has 0 saturated carbocycles. The summed E-state index contributed by atoms with van der Waals surface area (Å²) in [7, 11) is -9.73. The van der Waals surface area contributed by atoms with Crippen LogP contribution in [-0.2, 0) is 45.9 Å². The molecule has 0 unspecified atom stereocenters. The highest BCUT2D eigenvalue weighted by molar-refractivity contribution is 7.88. The normalized spacial score (nSPS) is 12.0. The van der Waals surface area contributed by atoms with Gasteiger partial charge in [0.15, 0.2) is 11.5 Å². The van der Waals surface area contributed by atoms with Gasteiger partial charge in [0.25, 0.3) is 0 Å². The molecule has 6 aromatic rings. The first kappa shape index (κ1) is 55.1. The Labute approximate surface area is 411 Å². The molecule has 0 heterocycles. The van der Waals surface area contributed by atoms with Crippen LogP contribution in [0.1, 0.15) is 153 Å². The minimum absolute atomic E-state index is 0.0542. The molecule has 0 fully saturated rings. The minimum atomic E-state index is -5.85. The number of benzene rings is 6. The lowest BCUT2D eigenvalue weighted by molar-refractivity contribution is -0.0499. The zero-order chi connectivity index (χ0) is 49.9. The van der Waals surface area contributed by atoms with E-state index in [-0.39, 0.29) is 16.5 Å². The van der Waals surface area contributed by atoms with E-state index in [1.165, 1.54) is 214 Å². The van der Waals surface area contributed by atoms with Gasteiger partial charge in [-0.2, -0.15) is 30.0 Å². The lowest BCUT2D eigenvalue weighted by Crippen LogP contribution is -2.28. The van der Waals surface area contributed by atoms with E-state index in [1.54, 1.807) is 0 Å². The fraction of sp³-hybridized carbons (Fsp3) is 0.448. The maximum Gasteiger partial charge on any atom is 0.534 e. The maximum absolute atomic E-state index is 12.4. The molecule has 6 rings (SSSR count). The van der Waals surface area contributed by atoms with Gasteiger partial charge in [0.1, 0.15) is 0 Å². The molecule has 69 heavy (non-hydrogen) atoms. The van der Waals surface area contributed by atoms with Crippen molar-refractivity contribution in [2.24, 2.45) is 0 Å². The van der Waals surface area contributed by atoms with E-state index in [0.717, 1.165) is 12.3 Å². The summed E-state index contributed by atoms with van der Waals surface area (Å²) in [5.41, 5.74) is 6.10. The monoisotopic (exact) mass is 986 g/mol. The van der Waals surface area contributed by atoms with Gasteiger partial charge in [-0.25, -0.2) is 0 Å². The van der Waals surface area contributed by atoms with Gasteiger partial charge in [-0.3, -0.25) is 0 Å². The lowest BCUT2D eigenvalue weighted by atomic mass is 9.89. The number of rotatable bonds is 26. The number of halogens is 3. The fourth-order valence-corrected chi connectivity index (χ4v) is 9.92. The topological polar surface area (TPSA) is 86.7 Å². The van der Waals surface area contributed by atoms with Gasteiger partial charge < -0.3 is 8.37 Å². The first-order valence-corrected chi connectivity index (χ1v) is 28.5. The van der Waals surface area contributed by atoms with Crippen LogP contribution in [0.4, 0.5) is 13.2 Å². The van der Waals surface area contributed by atoms with Gasteiger partial charge in [-0.1, -0.05) is 202 Å². The average Bonchev–Trinajstić information content (AvgIpc) is 3.31. The molecule has 0 aromatic heterocycles. The Morgan fingerprint density at radius 3 is 1.04 bits per heavy atom. The third-order valence-corrected chi connectivity index (χ3v) is 13.9. The van der Waals surface area contributed by atoms with E-state index >= 15 is 0 Å². The van der Waals surface area contributed by atoms with Crippen molar-refractivity contribution in [1.29, 1.82) is 0 Å². The van der Waals surface area contributed by atoms with Crippen LogP contribution < -0.4 is 8.37 Å². The summed E-state index contributed by atoms with van der Waals surface area (Å²) in [6.07, 6.45) is 26.6. The molecule has 0 N–H and O–H groups in total. The summed E-state index contributed by atoms with van der Waals surface area (Å²) in [6, 6.07) is 36.5. The molecule has 0 aliphatic rings. The predicted octanol–water partition coefficient (Wildman–Crippen LogP) is 17.1. The smallest absolute Gasteiger partial charge is 0.382 e. The molecule has 0 aliphatic carbocycles. The Balaban J connectivity index is 0.000000323. The molecule has 11 heteroatoms. The Morgan fingerprint density at radius 1 is 0.406 bits per heavy atom. The number of fused-ring (bicyclic) bond motifs is 2. The third-order valence-electron chi connectivity index (χ3n) is 12.5. The molecule has 0 atom stereocenters. The van der Waals surface area contributed by atoms with Crippen molar-refractivity contribution in [2.75, 3.05) is 6.26 Å². The van der Waals surface area contributed by atoms with Crippen LogP contribution in [0, 0.1) is 0 Å². The molecule has 0 amide bonds. The van der Waals surface area contributed by atoms with Crippen molar-refractivity contribution in [3.63, 3.8) is 0 Å². The van der Waals surface area contributed by atoms with E-state index in [2.05, 4.69) is 105 Å². The molecule has 6 nitrogen and oxygen atoms in total. The zero-order valence-electron chi connectivity index (χ0n) is 41.4. The largest absolute Gasteiger partial charge is 0.534 e. The Hall–Kier alpha value is -4.87. The molecule has 0 bridgehead atoms. The highest BCUT2D eigenvalue weighted by Gasteiger charge is 2.48. The van der Waals surface area contributed by atoms with E-state index in [1.807, 2.05) is 0 Å². The summed E-state index contributed by atoms with van der Waals surface area (Å²) >= 11 is 0. The van der Waals surface area contributed by atoms with Crippen LogP contribution in [-0.4, -0.2) is 28.6 Å².